The van der Waals surface area contributed by atoms with Crippen molar-refractivity contribution >= 4 is 21.6 Å². The summed E-state index contributed by atoms with van der Waals surface area (Å²) < 4.78 is 53.1. The van der Waals surface area contributed by atoms with Crippen molar-refractivity contribution in [1.29, 1.82) is 0 Å². The Morgan fingerprint density at radius 2 is 1.54 bits per heavy atom. The molecule has 0 aliphatic rings. The number of amides is 1. The standard InChI is InChI=1S/C18H20F2N2O3S/c1-3-15(4-2)21-18(23)12-5-7-17(8-6-12)26(24,25)22-16-10-13(19)9-14(20)11-16/h5-11,15,22H,3-4H2,1-2H3,(H,21,23). The molecule has 0 saturated carbocycles. The van der Waals surface area contributed by atoms with Crippen LogP contribution in [0, 0.1) is 11.6 Å². The first-order chi connectivity index (χ1) is 12.2. The molecule has 0 radical (unpaired) electrons. The zero-order valence-electron chi connectivity index (χ0n) is 14.4. The molecule has 0 unspecified atom stereocenters. The number of benzene rings is 2. The highest BCUT2D eigenvalue weighted by Gasteiger charge is 2.17. The van der Waals surface area contributed by atoms with Gasteiger partial charge in [-0.2, -0.15) is 0 Å². The van der Waals surface area contributed by atoms with E-state index in [1.54, 1.807) is 0 Å². The second kappa shape index (κ2) is 8.27. The normalized spacial score (nSPS) is 11.4. The highest BCUT2D eigenvalue weighted by molar-refractivity contribution is 7.92. The number of rotatable bonds is 7. The smallest absolute Gasteiger partial charge is 0.261 e. The fourth-order valence-corrected chi connectivity index (χ4v) is 3.41. The van der Waals surface area contributed by atoms with Crippen LogP contribution >= 0.6 is 0 Å². The van der Waals surface area contributed by atoms with E-state index in [1.165, 1.54) is 24.3 Å². The van der Waals surface area contributed by atoms with Crippen molar-refractivity contribution in [2.75, 3.05) is 4.72 Å². The molecule has 26 heavy (non-hydrogen) atoms. The highest BCUT2D eigenvalue weighted by Crippen LogP contribution is 2.19. The van der Waals surface area contributed by atoms with Gasteiger partial charge in [-0.3, -0.25) is 9.52 Å². The van der Waals surface area contributed by atoms with Gasteiger partial charge in [0, 0.05) is 17.7 Å². The van der Waals surface area contributed by atoms with E-state index in [4.69, 9.17) is 0 Å². The van der Waals surface area contributed by atoms with E-state index in [0.29, 0.717) is 11.6 Å². The van der Waals surface area contributed by atoms with Gasteiger partial charge in [-0.15, -0.1) is 0 Å². The number of carbonyl (C=O) groups excluding carboxylic acids is 1. The minimum atomic E-state index is -4.04. The highest BCUT2D eigenvalue weighted by atomic mass is 32.2. The molecule has 0 heterocycles. The van der Waals surface area contributed by atoms with Crippen molar-refractivity contribution in [3.05, 3.63) is 59.7 Å². The maximum Gasteiger partial charge on any atom is 0.261 e. The number of nitrogens with one attached hydrogen (secondary N) is 2. The van der Waals surface area contributed by atoms with Crippen LogP contribution in [-0.4, -0.2) is 20.4 Å². The first-order valence-electron chi connectivity index (χ1n) is 8.15. The molecule has 5 nitrogen and oxygen atoms in total. The Bertz CT molecular complexity index is 860. The summed E-state index contributed by atoms with van der Waals surface area (Å²) in [5, 5.41) is 2.86. The molecule has 2 N–H and O–H groups in total. The number of hydrogen-bond donors (Lipinski definition) is 2. The molecule has 0 aromatic heterocycles. The van der Waals surface area contributed by atoms with Gasteiger partial charge in [0.2, 0.25) is 0 Å². The van der Waals surface area contributed by atoms with E-state index < -0.39 is 21.7 Å². The summed E-state index contributed by atoms with van der Waals surface area (Å²) in [6.07, 6.45) is 1.59. The summed E-state index contributed by atoms with van der Waals surface area (Å²) in [7, 11) is -4.04. The minimum absolute atomic E-state index is 0.0513. The molecular weight excluding hydrogens is 362 g/mol. The first kappa shape index (κ1) is 19.8. The molecule has 0 spiro atoms. The third-order valence-corrected chi connectivity index (χ3v) is 5.26. The van der Waals surface area contributed by atoms with Crippen LogP contribution in [0.2, 0.25) is 0 Å². The molecule has 2 aromatic carbocycles. The number of halogens is 2. The van der Waals surface area contributed by atoms with Gasteiger partial charge in [0.25, 0.3) is 15.9 Å². The third-order valence-electron chi connectivity index (χ3n) is 3.86. The summed E-state index contributed by atoms with van der Waals surface area (Å²) in [4.78, 5) is 12.0. The Kier molecular flexibility index (Phi) is 6.31. The van der Waals surface area contributed by atoms with Gasteiger partial charge in [-0.1, -0.05) is 13.8 Å². The summed E-state index contributed by atoms with van der Waals surface area (Å²) >= 11 is 0. The zero-order valence-corrected chi connectivity index (χ0v) is 15.2. The van der Waals surface area contributed by atoms with Gasteiger partial charge < -0.3 is 5.32 Å². The van der Waals surface area contributed by atoms with E-state index in [2.05, 4.69) is 10.0 Å². The van der Waals surface area contributed by atoms with E-state index >= 15 is 0 Å². The van der Waals surface area contributed by atoms with Gasteiger partial charge >= 0.3 is 0 Å². The van der Waals surface area contributed by atoms with Crippen LogP contribution in [0.1, 0.15) is 37.0 Å². The number of sulfonamides is 1. The number of anilines is 1. The molecule has 0 aliphatic carbocycles. The van der Waals surface area contributed by atoms with Gasteiger partial charge in [-0.25, -0.2) is 17.2 Å². The topological polar surface area (TPSA) is 75.3 Å². The zero-order chi connectivity index (χ0) is 19.3. The first-order valence-corrected chi connectivity index (χ1v) is 9.63. The van der Waals surface area contributed by atoms with Crippen LogP contribution in [0.25, 0.3) is 0 Å². The summed E-state index contributed by atoms with van der Waals surface area (Å²) in [6, 6.07) is 7.74. The van der Waals surface area contributed by atoms with E-state index in [-0.39, 0.29) is 22.5 Å². The fourth-order valence-electron chi connectivity index (χ4n) is 2.37. The van der Waals surface area contributed by atoms with Gasteiger partial charge in [0.1, 0.15) is 11.6 Å². The van der Waals surface area contributed by atoms with Crippen LogP contribution in [0.4, 0.5) is 14.5 Å². The lowest BCUT2D eigenvalue weighted by molar-refractivity contribution is 0.0934. The van der Waals surface area contributed by atoms with E-state index in [9.17, 15) is 22.0 Å². The molecule has 2 aromatic rings. The maximum atomic E-state index is 13.2. The fraction of sp³-hybridized carbons (Fsp3) is 0.278. The largest absolute Gasteiger partial charge is 0.349 e. The van der Waals surface area contributed by atoms with Crippen LogP contribution < -0.4 is 10.0 Å². The lowest BCUT2D eigenvalue weighted by Gasteiger charge is -2.15. The Morgan fingerprint density at radius 1 is 1.00 bits per heavy atom. The Hall–Kier alpha value is -2.48. The predicted molar refractivity (Wildman–Crippen MR) is 95.4 cm³/mol. The molecule has 0 bridgehead atoms. The molecule has 0 atom stereocenters. The second-order valence-electron chi connectivity index (χ2n) is 5.77. The monoisotopic (exact) mass is 382 g/mol. The average Bonchev–Trinajstić information content (AvgIpc) is 2.58. The summed E-state index contributed by atoms with van der Waals surface area (Å²) in [5.41, 5.74) is 0.103. The van der Waals surface area contributed by atoms with Gasteiger partial charge in [0.05, 0.1) is 10.6 Å². The van der Waals surface area contributed by atoms with Crippen LogP contribution in [0.15, 0.2) is 47.4 Å². The van der Waals surface area contributed by atoms with Crippen molar-refractivity contribution in [3.8, 4) is 0 Å². The van der Waals surface area contributed by atoms with E-state index in [0.717, 1.165) is 25.0 Å². The molecular formula is C18H20F2N2O3S. The maximum absolute atomic E-state index is 13.2. The molecule has 8 heteroatoms. The summed E-state index contributed by atoms with van der Waals surface area (Å²) in [5.74, 6) is -2.07. The van der Waals surface area contributed by atoms with Crippen molar-refractivity contribution in [2.24, 2.45) is 0 Å². The third kappa shape index (κ3) is 5.01. The summed E-state index contributed by atoms with van der Waals surface area (Å²) in [6.45, 7) is 3.93. The van der Waals surface area contributed by atoms with Crippen LogP contribution in [0.3, 0.4) is 0 Å². The SMILES string of the molecule is CCC(CC)NC(=O)c1ccc(S(=O)(=O)Nc2cc(F)cc(F)c2)cc1. The average molecular weight is 382 g/mol. The number of hydrogen-bond acceptors (Lipinski definition) is 3. The van der Waals surface area contributed by atoms with Crippen LogP contribution in [-0.2, 0) is 10.0 Å². The predicted octanol–water partition coefficient (Wildman–Crippen LogP) is 3.68. The van der Waals surface area contributed by atoms with Crippen molar-refractivity contribution < 1.29 is 22.0 Å². The molecule has 0 saturated heterocycles. The molecule has 2 rings (SSSR count). The van der Waals surface area contributed by atoms with E-state index in [1.807, 2.05) is 13.8 Å². The molecule has 0 aliphatic heterocycles. The van der Waals surface area contributed by atoms with Crippen LogP contribution in [0.5, 0.6) is 0 Å². The van der Waals surface area contributed by atoms with Gasteiger partial charge in [0.15, 0.2) is 0 Å². The molecule has 0 fully saturated rings. The Morgan fingerprint density at radius 3 is 2.04 bits per heavy atom. The van der Waals surface area contributed by atoms with Gasteiger partial charge in [-0.05, 0) is 49.2 Å². The lowest BCUT2D eigenvalue weighted by atomic mass is 10.1. The molecule has 140 valence electrons. The number of carbonyl (C=O) groups is 1. The quantitative estimate of drug-likeness (QED) is 0.767. The van der Waals surface area contributed by atoms with Crippen molar-refractivity contribution in [1.82, 2.24) is 5.32 Å². The second-order valence-corrected chi connectivity index (χ2v) is 7.46. The lowest BCUT2D eigenvalue weighted by Crippen LogP contribution is -2.33. The Labute approximate surface area is 151 Å². The minimum Gasteiger partial charge on any atom is -0.349 e. The Balaban J connectivity index is 2.17. The van der Waals surface area contributed by atoms with Crippen molar-refractivity contribution in [3.63, 3.8) is 0 Å². The molecule has 1 amide bonds. The van der Waals surface area contributed by atoms with Crippen molar-refractivity contribution in [2.45, 2.75) is 37.6 Å².